The van der Waals surface area contributed by atoms with E-state index in [0.717, 1.165) is 29.4 Å². The van der Waals surface area contributed by atoms with Crippen LogP contribution < -0.4 is 10.6 Å². The molecular formula is C17H17N3O3S2. The minimum Gasteiger partial charge on any atom is -0.333 e. The summed E-state index contributed by atoms with van der Waals surface area (Å²) in [5, 5.41) is 5.99. The molecule has 2 aromatic carbocycles. The number of fused-ring (bicyclic) bond motifs is 1. The molecule has 2 aromatic rings. The van der Waals surface area contributed by atoms with Crippen LogP contribution >= 0.6 is 11.8 Å². The number of thioether (sulfide) groups is 1. The van der Waals surface area contributed by atoms with Crippen molar-refractivity contribution in [1.29, 1.82) is 0 Å². The van der Waals surface area contributed by atoms with E-state index in [0.29, 0.717) is 5.69 Å². The van der Waals surface area contributed by atoms with Gasteiger partial charge in [0.15, 0.2) is 5.17 Å². The van der Waals surface area contributed by atoms with Gasteiger partial charge in [-0.3, -0.25) is 4.79 Å². The molecule has 1 aliphatic heterocycles. The maximum atomic E-state index is 12.2. The van der Waals surface area contributed by atoms with Crippen molar-refractivity contribution in [3.63, 3.8) is 0 Å². The predicted molar refractivity (Wildman–Crippen MR) is 102 cm³/mol. The lowest BCUT2D eigenvalue weighted by molar-refractivity contribution is -0.113. The van der Waals surface area contributed by atoms with Crippen molar-refractivity contribution in [2.45, 2.75) is 18.2 Å². The summed E-state index contributed by atoms with van der Waals surface area (Å²) in [5.74, 6) is -0.159. The minimum atomic E-state index is -3.74. The Bertz CT molecular complexity index is 940. The minimum absolute atomic E-state index is 0.0571. The second-order valence-electron chi connectivity index (χ2n) is 5.34. The fourth-order valence-corrected chi connectivity index (χ4v) is 4.46. The maximum Gasteiger partial charge on any atom is 0.286 e. The average Bonchev–Trinajstić information content (AvgIpc) is 2.60. The van der Waals surface area contributed by atoms with Gasteiger partial charge < -0.3 is 10.6 Å². The molecule has 0 fully saturated rings. The van der Waals surface area contributed by atoms with Crippen LogP contribution in [0.3, 0.4) is 0 Å². The molecule has 8 heteroatoms. The third kappa shape index (κ3) is 4.02. The predicted octanol–water partition coefficient (Wildman–Crippen LogP) is 3.09. The molecule has 0 spiro atoms. The molecule has 1 amide bonds. The van der Waals surface area contributed by atoms with Gasteiger partial charge in [0.2, 0.25) is 5.91 Å². The van der Waals surface area contributed by atoms with Crippen LogP contribution in [-0.2, 0) is 21.2 Å². The highest BCUT2D eigenvalue weighted by Gasteiger charge is 2.24. The number of rotatable bonds is 4. The first-order chi connectivity index (χ1) is 12.0. The number of amidine groups is 1. The zero-order chi connectivity index (χ0) is 17.9. The number of nitrogens with zero attached hydrogens (tertiary/aromatic N) is 1. The molecule has 1 aliphatic rings. The molecule has 0 aliphatic carbocycles. The molecule has 25 heavy (non-hydrogen) atoms. The lowest BCUT2D eigenvalue weighted by atomic mass is 10.1. The lowest BCUT2D eigenvalue weighted by Gasteiger charge is -2.17. The standard InChI is InChI=1S/C17H17N3O3S2/c1-2-12-7-3-4-8-13(12)18-16(21)11-24-17-19-14-9-5-6-10-15(14)25(22,23)20-17/h3-10H,2,11H2,1H3,(H,18,21)(H,19,20). The molecule has 0 radical (unpaired) electrons. The van der Waals surface area contributed by atoms with Crippen molar-refractivity contribution in [2.75, 3.05) is 16.4 Å². The van der Waals surface area contributed by atoms with Gasteiger partial charge in [-0.15, -0.1) is 4.40 Å². The molecule has 130 valence electrons. The molecule has 0 saturated carbocycles. The zero-order valence-corrected chi connectivity index (χ0v) is 15.2. The number of hydrogen-bond acceptors (Lipinski definition) is 5. The van der Waals surface area contributed by atoms with Crippen LogP contribution in [0.25, 0.3) is 0 Å². The average molecular weight is 375 g/mol. The van der Waals surface area contributed by atoms with Crippen molar-refractivity contribution in [1.82, 2.24) is 0 Å². The number of aryl methyl sites for hydroxylation is 1. The largest absolute Gasteiger partial charge is 0.333 e. The van der Waals surface area contributed by atoms with Gasteiger partial charge in [-0.25, -0.2) is 0 Å². The SMILES string of the molecule is CCc1ccccc1NC(=O)CSC1=NS(=O)(=O)c2ccccc2N1. The van der Waals surface area contributed by atoms with Crippen LogP contribution in [0.15, 0.2) is 57.8 Å². The quantitative estimate of drug-likeness (QED) is 0.857. The van der Waals surface area contributed by atoms with Crippen molar-refractivity contribution >= 4 is 44.2 Å². The Balaban J connectivity index is 1.66. The topological polar surface area (TPSA) is 87.6 Å². The number of para-hydroxylation sites is 2. The van der Waals surface area contributed by atoms with Crippen molar-refractivity contribution in [2.24, 2.45) is 4.40 Å². The number of carbonyl (C=O) groups excluding carboxylic acids is 1. The maximum absolute atomic E-state index is 12.2. The Hall–Kier alpha value is -2.32. The van der Waals surface area contributed by atoms with E-state index in [1.807, 2.05) is 31.2 Å². The molecule has 3 rings (SSSR count). The smallest absolute Gasteiger partial charge is 0.286 e. The number of nitrogens with one attached hydrogen (secondary N) is 2. The monoisotopic (exact) mass is 375 g/mol. The van der Waals surface area contributed by atoms with E-state index < -0.39 is 10.0 Å². The summed E-state index contributed by atoms with van der Waals surface area (Å²) >= 11 is 1.05. The fourth-order valence-electron chi connectivity index (χ4n) is 2.42. The Morgan fingerprint density at radius 1 is 1.16 bits per heavy atom. The number of hydrogen-bond donors (Lipinski definition) is 2. The molecule has 0 bridgehead atoms. The van der Waals surface area contributed by atoms with Crippen molar-refractivity contribution in [3.8, 4) is 0 Å². The molecule has 6 nitrogen and oxygen atoms in total. The summed E-state index contributed by atoms with van der Waals surface area (Å²) in [7, 11) is -3.74. The van der Waals surface area contributed by atoms with E-state index in [4.69, 9.17) is 0 Å². The van der Waals surface area contributed by atoms with Gasteiger partial charge in [0.1, 0.15) is 4.90 Å². The molecule has 0 saturated heterocycles. The first-order valence-corrected chi connectivity index (χ1v) is 10.1. The molecule has 0 aromatic heterocycles. The van der Waals surface area contributed by atoms with Gasteiger partial charge in [0.25, 0.3) is 10.0 Å². The highest BCUT2D eigenvalue weighted by molar-refractivity contribution is 8.15. The molecular weight excluding hydrogens is 358 g/mol. The summed E-state index contributed by atoms with van der Waals surface area (Å²) in [4.78, 5) is 12.3. The summed E-state index contributed by atoms with van der Waals surface area (Å²) in [6, 6.07) is 14.1. The van der Waals surface area contributed by atoms with E-state index in [9.17, 15) is 13.2 Å². The van der Waals surface area contributed by atoms with Gasteiger partial charge in [-0.2, -0.15) is 8.42 Å². The number of carbonyl (C=O) groups is 1. The molecule has 0 atom stereocenters. The summed E-state index contributed by atoms with van der Waals surface area (Å²) < 4.78 is 28.1. The number of sulfonamides is 1. The molecule has 1 heterocycles. The highest BCUT2D eigenvalue weighted by atomic mass is 32.2. The lowest BCUT2D eigenvalue weighted by Crippen LogP contribution is -2.22. The second kappa shape index (κ2) is 7.28. The summed E-state index contributed by atoms with van der Waals surface area (Å²) in [5.41, 5.74) is 2.29. The van der Waals surface area contributed by atoms with Crippen LogP contribution in [0.2, 0.25) is 0 Å². The van der Waals surface area contributed by atoms with Crippen LogP contribution in [0.1, 0.15) is 12.5 Å². The summed E-state index contributed by atoms with van der Waals surface area (Å²) in [6.07, 6.45) is 0.812. The summed E-state index contributed by atoms with van der Waals surface area (Å²) in [6.45, 7) is 2.02. The van der Waals surface area contributed by atoms with E-state index in [-0.39, 0.29) is 21.7 Å². The Morgan fingerprint density at radius 2 is 1.88 bits per heavy atom. The first kappa shape index (κ1) is 17.5. The van der Waals surface area contributed by atoms with Gasteiger partial charge >= 0.3 is 0 Å². The van der Waals surface area contributed by atoms with Gasteiger partial charge in [0.05, 0.1) is 11.4 Å². The van der Waals surface area contributed by atoms with E-state index in [2.05, 4.69) is 15.0 Å². The van der Waals surface area contributed by atoms with E-state index in [1.165, 1.54) is 6.07 Å². The molecule has 2 N–H and O–H groups in total. The normalized spacial score (nSPS) is 14.8. The van der Waals surface area contributed by atoms with Gasteiger partial charge in [0, 0.05) is 5.69 Å². The first-order valence-electron chi connectivity index (χ1n) is 7.71. The van der Waals surface area contributed by atoms with Crippen LogP contribution in [0, 0.1) is 0 Å². The second-order valence-corrected chi connectivity index (χ2v) is 7.88. The van der Waals surface area contributed by atoms with Crippen LogP contribution in [0.4, 0.5) is 11.4 Å². The Labute approximate surface area is 150 Å². The number of benzene rings is 2. The Kier molecular flexibility index (Phi) is 5.10. The third-order valence-electron chi connectivity index (χ3n) is 3.62. The van der Waals surface area contributed by atoms with Crippen LogP contribution in [-0.4, -0.2) is 25.2 Å². The Morgan fingerprint density at radius 3 is 2.68 bits per heavy atom. The fraction of sp³-hybridized carbons (Fsp3) is 0.176. The molecule has 0 unspecified atom stereocenters. The number of anilines is 2. The van der Waals surface area contributed by atoms with Crippen molar-refractivity contribution < 1.29 is 13.2 Å². The number of amides is 1. The van der Waals surface area contributed by atoms with Gasteiger partial charge in [-0.1, -0.05) is 49.0 Å². The van der Waals surface area contributed by atoms with E-state index >= 15 is 0 Å². The van der Waals surface area contributed by atoms with Crippen molar-refractivity contribution in [3.05, 3.63) is 54.1 Å². The highest BCUT2D eigenvalue weighted by Crippen LogP contribution is 2.29. The van der Waals surface area contributed by atoms with Gasteiger partial charge in [-0.05, 0) is 30.2 Å². The third-order valence-corrected chi connectivity index (χ3v) is 5.95. The van der Waals surface area contributed by atoms with E-state index in [1.54, 1.807) is 18.2 Å². The van der Waals surface area contributed by atoms with Crippen LogP contribution in [0.5, 0.6) is 0 Å². The zero-order valence-electron chi connectivity index (χ0n) is 13.5.